The lowest BCUT2D eigenvalue weighted by Crippen LogP contribution is -2.13. The molecule has 34 heavy (non-hydrogen) atoms. The lowest BCUT2D eigenvalue weighted by Gasteiger charge is -2.14. The highest BCUT2D eigenvalue weighted by atomic mass is 35.5. The molecule has 0 unspecified atom stereocenters. The van der Waals surface area contributed by atoms with Crippen molar-refractivity contribution >= 4 is 75.7 Å². The monoisotopic (exact) mass is 554 g/mol. The Morgan fingerprint density at radius 1 is 0.971 bits per heavy atom. The first-order valence-electron chi connectivity index (χ1n) is 9.54. The standard InChI is InChI=1S/C24H15Cl5N2O3/c1-33-22-8-13(6-15(11-30)24(32)31-17-4-5-18(26)20(28)10-17)7-21(29)23(22)34-12-14-2-3-16(25)9-19(14)27/h2-10H,12H2,1H3,(H,31,32)/b15-6+. The first kappa shape index (κ1) is 26.0. The van der Waals surface area contributed by atoms with E-state index in [0.717, 1.165) is 0 Å². The van der Waals surface area contributed by atoms with Gasteiger partial charge in [0, 0.05) is 21.3 Å². The minimum atomic E-state index is -0.631. The molecular formula is C24H15Cl5N2O3. The third kappa shape index (κ3) is 6.50. The molecule has 0 atom stereocenters. The summed E-state index contributed by atoms with van der Waals surface area (Å²) in [6.07, 6.45) is 1.38. The molecule has 0 fully saturated rings. The molecule has 174 valence electrons. The van der Waals surface area contributed by atoms with Crippen molar-refractivity contribution in [2.24, 2.45) is 0 Å². The SMILES string of the molecule is COc1cc(/C=C(\C#N)C(=O)Nc2ccc(Cl)c(Cl)c2)cc(Cl)c1OCc1ccc(Cl)cc1Cl. The molecule has 0 saturated heterocycles. The van der Waals surface area contributed by atoms with Gasteiger partial charge < -0.3 is 14.8 Å². The van der Waals surface area contributed by atoms with Crippen LogP contribution in [-0.4, -0.2) is 13.0 Å². The Labute approximate surface area is 221 Å². The number of nitriles is 1. The molecule has 0 radical (unpaired) electrons. The van der Waals surface area contributed by atoms with Gasteiger partial charge in [0.25, 0.3) is 5.91 Å². The highest BCUT2D eigenvalue weighted by Crippen LogP contribution is 2.38. The molecule has 3 rings (SSSR count). The van der Waals surface area contributed by atoms with Gasteiger partial charge in [-0.2, -0.15) is 5.26 Å². The number of benzene rings is 3. The van der Waals surface area contributed by atoms with Crippen LogP contribution >= 0.6 is 58.0 Å². The van der Waals surface area contributed by atoms with Gasteiger partial charge in [-0.25, -0.2) is 0 Å². The molecular weight excluding hydrogens is 542 g/mol. The molecule has 0 aliphatic rings. The number of carbonyl (C=O) groups is 1. The molecule has 0 saturated carbocycles. The Morgan fingerprint density at radius 3 is 2.38 bits per heavy atom. The van der Waals surface area contributed by atoms with Crippen LogP contribution in [0.4, 0.5) is 5.69 Å². The van der Waals surface area contributed by atoms with Crippen molar-refractivity contribution in [2.45, 2.75) is 6.61 Å². The second kappa shape index (κ2) is 11.7. The van der Waals surface area contributed by atoms with Gasteiger partial charge in [-0.05, 0) is 54.1 Å². The third-order valence-electron chi connectivity index (χ3n) is 4.49. The van der Waals surface area contributed by atoms with Crippen molar-refractivity contribution in [2.75, 3.05) is 12.4 Å². The predicted octanol–water partition coefficient (Wildman–Crippen LogP) is 8.09. The maximum atomic E-state index is 12.6. The summed E-state index contributed by atoms with van der Waals surface area (Å²) < 4.78 is 11.2. The van der Waals surface area contributed by atoms with E-state index in [2.05, 4.69) is 5.32 Å². The zero-order valence-corrected chi connectivity index (χ0v) is 21.2. The molecule has 0 aromatic heterocycles. The van der Waals surface area contributed by atoms with Gasteiger partial charge in [0.2, 0.25) is 0 Å². The summed E-state index contributed by atoms with van der Waals surface area (Å²) in [7, 11) is 1.45. The van der Waals surface area contributed by atoms with Crippen molar-refractivity contribution in [3.05, 3.63) is 90.3 Å². The number of ether oxygens (including phenoxy) is 2. The molecule has 0 heterocycles. The smallest absolute Gasteiger partial charge is 0.266 e. The van der Waals surface area contributed by atoms with Crippen molar-refractivity contribution in [3.63, 3.8) is 0 Å². The van der Waals surface area contributed by atoms with Gasteiger partial charge in [-0.1, -0.05) is 64.1 Å². The number of rotatable bonds is 7. The zero-order chi connectivity index (χ0) is 24.8. The largest absolute Gasteiger partial charge is 0.493 e. The number of halogens is 5. The lowest BCUT2D eigenvalue weighted by atomic mass is 10.1. The average Bonchev–Trinajstić information content (AvgIpc) is 2.79. The van der Waals surface area contributed by atoms with E-state index in [1.807, 2.05) is 6.07 Å². The van der Waals surface area contributed by atoms with Crippen LogP contribution in [0, 0.1) is 11.3 Å². The normalized spacial score (nSPS) is 11.0. The Morgan fingerprint density at radius 2 is 1.74 bits per heavy atom. The van der Waals surface area contributed by atoms with Crippen molar-refractivity contribution in [1.29, 1.82) is 5.26 Å². The van der Waals surface area contributed by atoms with Gasteiger partial charge >= 0.3 is 0 Å². The minimum Gasteiger partial charge on any atom is -0.493 e. The number of nitrogens with one attached hydrogen (secondary N) is 1. The van der Waals surface area contributed by atoms with Crippen LogP contribution < -0.4 is 14.8 Å². The highest BCUT2D eigenvalue weighted by molar-refractivity contribution is 6.42. The molecule has 3 aromatic carbocycles. The summed E-state index contributed by atoms with van der Waals surface area (Å²) in [5.41, 5.74) is 1.39. The number of hydrogen-bond donors (Lipinski definition) is 1. The summed E-state index contributed by atoms with van der Waals surface area (Å²) in [5.74, 6) is -0.0363. The summed E-state index contributed by atoms with van der Waals surface area (Å²) in [4.78, 5) is 12.6. The van der Waals surface area contributed by atoms with E-state index in [1.165, 1.54) is 25.3 Å². The van der Waals surface area contributed by atoms with Gasteiger partial charge in [0.1, 0.15) is 18.2 Å². The second-order valence-electron chi connectivity index (χ2n) is 6.81. The number of methoxy groups -OCH3 is 1. The number of nitrogens with zero attached hydrogens (tertiary/aromatic N) is 1. The number of anilines is 1. The Bertz CT molecular complexity index is 1320. The molecule has 0 aliphatic carbocycles. The van der Waals surface area contributed by atoms with Gasteiger partial charge in [0.05, 0.1) is 22.2 Å². The Hall–Kier alpha value is -2.59. The first-order valence-corrected chi connectivity index (χ1v) is 11.4. The minimum absolute atomic E-state index is 0.122. The van der Waals surface area contributed by atoms with E-state index in [1.54, 1.807) is 36.4 Å². The van der Waals surface area contributed by atoms with Gasteiger partial charge in [-0.3, -0.25) is 4.79 Å². The maximum Gasteiger partial charge on any atom is 0.266 e. The highest BCUT2D eigenvalue weighted by Gasteiger charge is 2.15. The fourth-order valence-electron chi connectivity index (χ4n) is 2.84. The summed E-state index contributed by atoms with van der Waals surface area (Å²) in [6.45, 7) is 0.122. The fourth-order valence-corrected chi connectivity index (χ4v) is 3.87. The van der Waals surface area contributed by atoms with E-state index < -0.39 is 5.91 Å². The van der Waals surface area contributed by atoms with Crippen molar-refractivity contribution in [1.82, 2.24) is 0 Å². The van der Waals surface area contributed by atoms with E-state index >= 15 is 0 Å². The molecule has 0 spiro atoms. The fraction of sp³-hybridized carbons (Fsp3) is 0.0833. The van der Waals surface area contributed by atoms with Crippen molar-refractivity contribution in [3.8, 4) is 17.6 Å². The Balaban J connectivity index is 1.83. The molecule has 0 aliphatic heterocycles. The molecule has 0 bridgehead atoms. The molecule has 5 nitrogen and oxygen atoms in total. The maximum absolute atomic E-state index is 12.6. The van der Waals surface area contributed by atoms with Gasteiger partial charge in [0.15, 0.2) is 11.5 Å². The summed E-state index contributed by atoms with van der Waals surface area (Å²) >= 11 is 30.4. The van der Waals surface area contributed by atoms with Crippen LogP contribution in [0.15, 0.2) is 54.1 Å². The van der Waals surface area contributed by atoms with Gasteiger partial charge in [-0.15, -0.1) is 0 Å². The predicted molar refractivity (Wildman–Crippen MR) is 137 cm³/mol. The number of carbonyl (C=O) groups excluding carboxylic acids is 1. The topological polar surface area (TPSA) is 71.3 Å². The van der Waals surface area contributed by atoms with Crippen LogP contribution in [0.3, 0.4) is 0 Å². The van der Waals surface area contributed by atoms with Crippen molar-refractivity contribution < 1.29 is 14.3 Å². The van der Waals surface area contributed by atoms with Crippen LogP contribution in [0.2, 0.25) is 25.1 Å². The number of hydrogen-bond acceptors (Lipinski definition) is 4. The lowest BCUT2D eigenvalue weighted by molar-refractivity contribution is -0.112. The van der Waals surface area contributed by atoms with Crippen LogP contribution in [0.25, 0.3) is 6.08 Å². The molecule has 1 amide bonds. The quantitative estimate of drug-likeness (QED) is 0.236. The van der Waals surface area contributed by atoms with E-state index in [-0.39, 0.29) is 28.0 Å². The van der Waals surface area contributed by atoms with E-state index in [0.29, 0.717) is 37.6 Å². The summed E-state index contributed by atoms with van der Waals surface area (Å²) in [6, 6.07) is 14.7. The summed E-state index contributed by atoms with van der Waals surface area (Å²) in [5, 5.41) is 13.9. The van der Waals surface area contributed by atoms with E-state index in [9.17, 15) is 10.1 Å². The second-order valence-corrected chi connectivity index (χ2v) is 8.88. The molecule has 10 heteroatoms. The molecule has 3 aromatic rings. The Kier molecular flexibility index (Phi) is 8.96. The first-order chi connectivity index (χ1) is 16.2. The third-order valence-corrected chi connectivity index (χ3v) is 6.10. The zero-order valence-electron chi connectivity index (χ0n) is 17.5. The van der Waals surface area contributed by atoms with E-state index in [4.69, 9.17) is 67.5 Å². The molecule has 1 N–H and O–H groups in total. The average molecular weight is 557 g/mol. The van der Waals surface area contributed by atoms with Crippen LogP contribution in [-0.2, 0) is 11.4 Å². The van der Waals surface area contributed by atoms with Crippen LogP contribution in [0.5, 0.6) is 11.5 Å². The number of amides is 1. The van der Waals surface area contributed by atoms with Crippen LogP contribution in [0.1, 0.15) is 11.1 Å².